The molecule has 0 radical (unpaired) electrons. The van der Waals surface area contributed by atoms with Crippen LogP contribution in [-0.2, 0) is 9.53 Å². The van der Waals surface area contributed by atoms with Crippen molar-refractivity contribution in [2.45, 2.75) is 26.2 Å². The van der Waals surface area contributed by atoms with Crippen molar-refractivity contribution in [2.24, 2.45) is 0 Å². The fourth-order valence-corrected chi connectivity index (χ4v) is 1.79. The summed E-state index contributed by atoms with van der Waals surface area (Å²) in [5.74, 6) is -0.741. The molecule has 110 valence electrons. The molecule has 0 atom stereocenters. The normalized spacial score (nSPS) is 10.3. The van der Waals surface area contributed by atoms with Gasteiger partial charge >= 0.3 is 5.97 Å². The third-order valence-electron chi connectivity index (χ3n) is 2.95. The van der Waals surface area contributed by atoms with Crippen molar-refractivity contribution in [3.05, 3.63) is 42.5 Å². The van der Waals surface area contributed by atoms with E-state index in [1.54, 1.807) is 35.4 Å². The van der Waals surface area contributed by atoms with Gasteiger partial charge in [-0.05, 0) is 18.6 Å². The Morgan fingerprint density at radius 3 is 2.71 bits per heavy atom. The van der Waals surface area contributed by atoms with Crippen LogP contribution >= 0.6 is 0 Å². The highest BCUT2D eigenvalue weighted by Crippen LogP contribution is 2.12. The van der Waals surface area contributed by atoms with Crippen LogP contribution in [0.3, 0.4) is 0 Å². The minimum atomic E-state index is -0.483. The average Bonchev–Trinajstić information content (AvgIpc) is 3.02. The summed E-state index contributed by atoms with van der Waals surface area (Å²) in [6, 6.07) is 6.96. The van der Waals surface area contributed by atoms with Crippen molar-refractivity contribution in [3.8, 4) is 5.69 Å². The quantitative estimate of drug-likeness (QED) is 0.338. The summed E-state index contributed by atoms with van der Waals surface area (Å²) < 4.78 is 6.68. The second-order valence-corrected chi connectivity index (χ2v) is 4.59. The first-order chi connectivity index (χ1) is 10.2. The summed E-state index contributed by atoms with van der Waals surface area (Å²) >= 11 is 0. The smallest absolute Gasteiger partial charge is 0.313 e. The lowest BCUT2D eigenvalue weighted by Gasteiger charge is -2.05. The average molecular weight is 287 g/mol. The lowest BCUT2D eigenvalue weighted by molar-refractivity contribution is -0.142. The number of esters is 1. The van der Waals surface area contributed by atoms with Gasteiger partial charge in [0.25, 0.3) is 0 Å². The van der Waals surface area contributed by atoms with Crippen molar-refractivity contribution < 1.29 is 14.3 Å². The molecule has 1 aromatic carbocycles. The molecule has 1 aromatic heterocycles. The molecule has 21 heavy (non-hydrogen) atoms. The Labute approximate surface area is 122 Å². The van der Waals surface area contributed by atoms with E-state index in [0.29, 0.717) is 12.2 Å². The molecule has 2 rings (SSSR count). The molecule has 0 spiro atoms. The molecule has 1 heterocycles. The third kappa shape index (κ3) is 4.24. The maximum atomic E-state index is 12.1. The highest BCUT2D eigenvalue weighted by Gasteiger charge is 2.13. The molecule has 0 N–H and O–H groups in total. The predicted molar refractivity (Wildman–Crippen MR) is 76.2 cm³/mol. The van der Waals surface area contributed by atoms with Gasteiger partial charge in [0.15, 0.2) is 5.78 Å². The molecule has 0 fully saturated rings. The van der Waals surface area contributed by atoms with Crippen molar-refractivity contribution in [2.75, 3.05) is 6.61 Å². The predicted octanol–water partition coefficient (Wildman–Crippen LogP) is 2.18. The van der Waals surface area contributed by atoms with Gasteiger partial charge in [-0.15, -0.1) is 10.2 Å². The molecular weight excluding hydrogens is 270 g/mol. The fraction of sp³-hybridized carbons (Fsp3) is 0.333. The molecule has 0 unspecified atom stereocenters. The number of Topliss-reactive ketones (excluding diaryl/α,β-unsaturated/α-hetero) is 1. The molecule has 0 bridgehead atoms. The molecule has 0 aliphatic heterocycles. The van der Waals surface area contributed by atoms with E-state index >= 15 is 0 Å². The van der Waals surface area contributed by atoms with Crippen molar-refractivity contribution in [1.82, 2.24) is 14.8 Å². The Morgan fingerprint density at radius 1 is 1.24 bits per heavy atom. The molecule has 2 aromatic rings. The zero-order valence-corrected chi connectivity index (χ0v) is 11.9. The summed E-state index contributed by atoms with van der Waals surface area (Å²) in [5.41, 5.74) is 1.24. The summed E-state index contributed by atoms with van der Waals surface area (Å²) in [6.07, 6.45) is 4.60. The standard InChI is InChI=1S/C15H17N3O3/c1-2-3-7-21-15(20)9-14(19)12-5-4-6-13(8-12)18-10-16-17-11-18/h4-6,8,10-11H,2-3,7,9H2,1H3. The van der Waals surface area contributed by atoms with Gasteiger partial charge in [0.1, 0.15) is 19.1 Å². The van der Waals surface area contributed by atoms with E-state index in [9.17, 15) is 9.59 Å². The van der Waals surface area contributed by atoms with Crippen LogP contribution in [0.4, 0.5) is 0 Å². The minimum Gasteiger partial charge on any atom is -0.465 e. The summed E-state index contributed by atoms with van der Waals surface area (Å²) in [5, 5.41) is 7.43. The second-order valence-electron chi connectivity index (χ2n) is 4.59. The topological polar surface area (TPSA) is 74.1 Å². The number of unbranched alkanes of at least 4 members (excludes halogenated alkanes) is 1. The maximum absolute atomic E-state index is 12.1. The Kier molecular flexibility index (Phi) is 5.20. The van der Waals surface area contributed by atoms with E-state index in [4.69, 9.17) is 4.74 Å². The van der Waals surface area contributed by atoms with Crippen LogP contribution in [0.15, 0.2) is 36.9 Å². The Balaban J connectivity index is 1.99. The minimum absolute atomic E-state index is 0.241. The Hall–Kier alpha value is -2.50. The Bertz CT molecular complexity index is 608. The first kappa shape index (κ1) is 14.9. The SMILES string of the molecule is CCCCOC(=O)CC(=O)c1cccc(-n2cnnc2)c1. The molecule has 6 heteroatoms. The fourth-order valence-electron chi connectivity index (χ4n) is 1.79. The third-order valence-corrected chi connectivity index (χ3v) is 2.95. The van der Waals surface area contributed by atoms with Gasteiger partial charge < -0.3 is 4.74 Å². The van der Waals surface area contributed by atoms with Gasteiger partial charge in [-0.2, -0.15) is 0 Å². The van der Waals surface area contributed by atoms with Crippen LogP contribution in [0.1, 0.15) is 36.5 Å². The zero-order chi connectivity index (χ0) is 15.1. The monoisotopic (exact) mass is 287 g/mol. The van der Waals surface area contributed by atoms with Crippen LogP contribution in [0, 0.1) is 0 Å². The second kappa shape index (κ2) is 7.33. The summed E-state index contributed by atoms with van der Waals surface area (Å²) in [7, 11) is 0. The van der Waals surface area contributed by atoms with E-state index in [0.717, 1.165) is 18.5 Å². The van der Waals surface area contributed by atoms with E-state index in [1.165, 1.54) is 0 Å². The van der Waals surface area contributed by atoms with Crippen molar-refractivity contribution >= 4 is 11.8 Å². The van der Waals surface area contributed by atoms with Gasteiger partial charge in [0, 0.05) is 11.3 Å². The largest absolute Gasteiger partial charge is 0.465 e. The highest BCUT2D eigenvalue weighted by molar-refractivity contribution is 6.06. The lowest BCUT2D eigenvalue weighted by atomic mass is 10.1. The first-order valence-corrected chi connectivity index (χ1v) is 6.84. The molecule has 0 aliphatic rings. The number of nitrogens with zero attached hydrogens (tertiary/aromatic N) is 3. The highest BCUT2D eigenvalue weighted by atomic mass is 16.5. The van der Waals surface area contributed by atoms with E-state index in [-0.39, 0.29) is 12.2 Å². The van der Waals surface area contributed by atoms with Gasteiger partial charge in [-0.1, -0.05) is 25.5 Å². The number of benzene rings is 1. The number of ether oxygens (including phenoxy) is 1. The maximum Gasteiger partial charge on any atom is 0.313 e. The van der Waals surface area contributed by atoms with Gasteiger partial charge in [0.2, 0.25) is 0 Å². The molecule has 0 amide bonds. The number of ketones is 1. The van der Waals surface area contributed by atoms with Crippen molar-refractivity contribution in [3.63, 3.8) is 0 Å². The number of rotatable bonds is 7. The summed E-state index contributed by atoms with van der Waals surface area (Å²) in [4.78, 5) is 23.6. The van der Waals surface area contributed by atoms with E-state index < -0.39 is 5.97 Å². The molecular formula is C15H17N3O3. The van der Waals surface area contributed by atoms with E-state index in [1.807, 2.05) is 13.0 Å². The van der Waals surface area contributed by atoms with Crippen LogP contribution < -0.4 is 0 Å². The van der Waals surface area contributed by atoms with Gasteiger partial charge in [0.05, 0.1) is 6.61 Å². The number of hydrogen-bond acceptors (Lipinski definition) is 5. The van der Waals surface area contributed by atoms with E-state index in [2.05, 4.69) is 10.2 Å². The first-order valence-electron chi connectivity index (χ1n) is 6.84. The van der Waals surface area contributed by atoms with Gasteiger partial charge in [-0.3, -0.25) is 14.2 Å². The number of aromatic nitrogens is 3. The Morgan fingerprint density at radius 2 is 2.00 bits per heavy atom. The number of carbonyl (C=O) groups is 2. The van der Waals surface area contributed by atoms with Crippen LogP contribution in [0.25, 0.3) is 5.69 Å². The van der Waals surface area contributed by atoms with Crippen molar-refractivity contribution in [1.29, 1.82) is 0 Å². The zero-order valence-electron chi connectivity index (χ0n) is 11.9. The molecule has 0 saturated carbocycles. The molecule has 0 saturated heterocycles. The van der Waals surface area contributed by atoms with Gasteiger partial charge in [-0.25, -0.2) is 0 Å². The summed E-state index contributed by atoms with van der Waals surface area (Å²) in [6.45, 7) is 2.37. The van der Waals surface area contributed by atoms with Crippen LogP contribution in [0.2, 0.25) is 0 Å². The number of carbonyl (C=O) groups excluding carboxylic acids is 2. The molecule has 0 aliphatic carbocycles. The lowest BCUT2D eigenvalue weighted by Crippen LogP contribution is -2.12. The number of hydrogen-bond donors (Lipinski definition) is 0. The van der Waals surface area contributed by atoms with Crippen LogP contribution in [0.5, 0.6) is 0 Å². The van der Waals surface area contributed by atoms with Crippen LogP contribution in [-0.4, -0.2) is 33.1 Å². The molecule has 6 nitrogen and oxygen atoms in total.